The number of aromatic nitrogens is 1. The molecule has 6 heteroatoms. The Bertz CT molecular complexity index is 677. The predicted octanol–water partition coefficient (Wildman–Crippen LogP) is 2.80. The first-order valence-electron chi connectivity index (χ1n) is 5.79. The van der Waals surface area contributed by atoms with E-state index in [0.29, 0.717) is 0 Å². The highest BCUT2D eigenvalue weighted by molar-refractivity contribution is 7.11. The molecule has 2 rings (SSSR count). The number of carbonyl (C=O) groups excluding carboxylic acids is 1. The van der Waals surface area contributed by atoms with Crippen LogP contribution in [-0.2, 0) is 4.79 Å². The molecule has 0 aliphatic rings. The lowest BCUT2D eigenvalue weighted by molar-refractivity contribution is -0.111. The van der Waals surface area contributed by atoms with E-state index in [2.05, 4.69) is 10.3 Å². The molecular formula is C14H12N2O3S. The second-order valence-corrected chi connectivity index (χ2v) is 4.97. The van der Waals surface area contributed by atoms with Gasteiger partial charge in [-0.3, -0.25) is 4.79 Å². The van der Waals surface area contributed by atoms with Crippen LogP contribution in [0.4, 0.5) is 5.82 Å². The fraction of sp³-hybridized carbons (Fsp3) is 0.0714. The van der Waals surface area contributed by atoms with Crippen molar-refractivity contribution in [2.24, 2.45) is 0 Å². The number of anilines is 1. The molecule has 102 valence electrons. The second-order valence-electron chi connectivity index (χ2n) is 4.03. The van der Waals surface area contributed by atoms with Crippen LogP contribution in [0, 0.1) is 6.92 Å². The maximum Gasteiger partial charge on any atom is 0.335 e. The number of carboxylic acid groups (broad SMARTS) is 1. The molecule has 2 aromatic heterocycles. The number of nitrogens with zero attached hydrogens (tertiary/aromatic N) is 1. The Labute approximate surface area is 119 Å². The summed E-state index contributed by atoms with van der Waals surface area (Å²) in [6.07, 6.45) is 4.45. The zero-order chi connectivity index (χ0) is 14.5. The van der Waals surface area contributed by atoms with Crippen molar-refractivity contribution in [3.63, 3.8) is 0 Å². The van der Waals surface area contributed by atoms with Gasteiger partial charge in [0.2, 0.25) is 5.91 Å². The minimum atomic E-state index is -1.06. The summed E-state index contributed by atoms with van der Waals surface area (Å²) in [6, 6.07) is 4.65. The molecule has 1 amide bonds. The van der Waals surface area contributed by atoms with Crippen LogP contribution < -0.4 is 5.32 Å². The zero-order valence-corrected chi connectivity index (χ0v) is 11.5. The minimum Gasteiger partial charge on any atom is -0.478 e. The summed E-state index contributed by atoms with van der Waals surface area (Å²) in [7, 11) is 0. The number of amides is 1. The number of hydrogen-bond donors (Lipinski definition) is 2. The number of rotatable bonds is 4. The van der Waals surface area contributed by atoms with Crippen molar-refractivity contribution in [3.05, 3.63) is 51.9 Å². The van der Waals surface area contributed by atoms with Crippen LogP contribution in [0.2, 0.25) is 0 Å². The van der Waals surface area contributed by atoms with Crippen LogP contribution in [0.25, 0.3) is 6.08 Å². The molecular weight excluding hydrogens is 276 g/mol. The summed E-state index contributed by atoms with van der Waals surface area (Å²) >= 11 is 1.54. The van der Waals surface area contributed by atoms with Crippen molar-refractivity contribution >= 4 is 35.1 Å². The number of hydrogen-bond acceptors (Lipinski definition) is 4. The first-order chi connectivity index (χ1) is 9.56. The van der Waals surface area contributed by atoms with E-state index in [9.17, 15) is 9.59 Å². The first kappa shape index (κ1) is 14.0. The third-order valence-corrected chi connectivity index (χ3v) is 3.53. The van der Waals surface area contributed by atoms with Crippen LogP contribution >= 0.6 is 11.3 Å². The Morgan fingerprint density at radius 1 is 1.40 bits per heavy atom. The Morgan fingerprint density at radius 3 is 2.85 bits per heavy atom. The Morgan fingerprint density at radius 2 is 2.20 bits per heavy atom. The lowest BCUT2D eigenvalue weighted by Crippen LogP contribution is -2.10. The third-order valence-electron chi connectivity index (χ3n) is 2.55. The molecule has 0 aromatic carbocycles. The molecule has 2 aromatic rings. The van der Waals surface area contributed by atoms with Gasteiger partial charge in [-0.2, -0.15) is 0 Å². The number of carbonyl (C=O) groups is 2. The van der Waals surface area contributed by atoms with Gasteiger partial charge in [-0.1, -0.05) is 0 Å². The average molecular weight is 288 g/mol. The standard InChI is InChI=1S/C14H12N2O3S/c1-9-5-7-20-11(9)2-3-13(17)16-12-8-10(14(18)19)4-6-15-12/h2-8H,1H3,(H,18,19)(H,15,16,17). The van der Waals surface area contributed by atoms with Crippen molar-refractivity contribution in [1.82, 2.24) is 4.98 Å². The fourth-order valence-electron chi connectivity index (χ4n) is 1.51. The molecule has 0 aliphatic heterocycles. The smallest absolute Gasteiger partial charge is 0.335 e. The summed E-state index contributed by atoms with van der Waals surface area (Å²) in [6.45, 7) is 1.96. The molecule has 0 fully saturated rings. The van der Waals surface area contributed by atoms with E-state index in [1.807, 2.05) is 18.4 Å². The van der Waals surface area contributed by atoms with Gasteiger partial charge in [-0.05, 0) is 42.1 Å². The zero-order valence-electron chi connectivity index (χ0n) is 10.7. The lowest BCUT2D eigenvalue weighted by Gasteiger charge is -2.01. The molecule has 5 nitrogen and oxygen atoms in total. The van der Waals surface area contributed by atoms with Crippen LogP contribution in [0.1, 0.15) is 20.8 Å². The fourth-order valence-corrected chi connectivity index (χ4v) is 2.33. The van der Waals surface area contributed by atoms with E-state index in [0.717, 1.165) is 10.4 Å². The van der Waals surface area contributed by atoms with E-state index in [-0.39, 0.29) is 17.3 Å². The summed E-state index contributed by atoms with van der Waals surface area (Å²) in [5.41, 5.74) is 1.18. The van der Waals surface area contributed by atoms with E-state index < -0.39 is 5.97 Å². The minimum absolute atomic E-state index is 0.0772. The van der Waals surface area contributed by atoms with Gasteiger partial charge in [0.25, 0.3) is 0 Å². The molecule has 0 radical (unpaired) electrons. The van der Waals surface area contributed by atoms with Gasteiger partial charge in [-0.15, -0.1) is 11.3 Å². The molecule has 0 aliphatic carbocycles. The van der Waals surface area contributed by atoms with Crippen molar-refractivity contribution in [3.8, 4) is 0 Å². The molecule has 0 unspecified atom stereocenters. The molecule has 0 saturated heterocycles. The van der Waals surface area contributed by atoms with Crippen molar-refractivity contribution in [2.45, 2.75) is 6.92 Å². The largest absolute Gasteiger partial charge is 0.478 e. The average Bonchev–Trinajstić information content (AvgIpc) is 2.82. The highest BCUT2D eigenvalue weighted by Gasteiger charge is 2.05. The van der Waals surface area contributed by atoms with Gasteiger partial charge in [0, 0.05) is 17.2 Å². The van der Waals surface area contributed by atoms with Gasteiger partial charge in [-0.25, -0.2) is 9.78 Å². The van der Waals surface area contributed by atoms with Crippen molar-refractivity contribution in [1.29, 1.82) is 0 Å². The summed E-state index contributed by atoms with van der Waals surface area (Å²) in [5.74, 6) is -1.21. The number of aromatic carboxylic acids is 1. The van der Waals surface area contributed by atoms with Gasteiger partial charge < -0.3 is 10.4 Å². The summed E-state index contributed by atoms with van der Waals surface area (Å²) in [4.78, 5) is 27.4. The monoisotopic (exact) mass is 288 g/mol. The van der Waals surface area contributed by atoms with E-state index in [1.165, 1.54) is 24.4 Å². The van der Waals surface area contributed by atoms with Crippen LogP contribution in [0.3, 0.4) is 0 Å². The second kappa shape index (κ2) is 6.12. The van der Waals surface area contributed by atoms with Crippen LogP contribution in [0.15, 0.2) is 35.9 Å². The molecule has 2 N–H and O–H groups in total. The summed E-state index contributed by atoms with van der Waals surface area (Å²) < 4.78 is 0. The molecule has 0 saturated carbocycles. The number of thiophene rings is 1. The normalized spacial score (nSPS) is 10.7. The molecule has 0 spiro atoms. The van der Waals surface area contributed by atoms with Gasteiger partial charge >= 0.3 is 5.97 Å². The lowest BCUT2D eigenvalue weighted by atomic mass is 10.2. The maximum absolute atomic E-state index is 11.7. The van der Waals surface area contributed by atoms with Gasteiger partial charge in [0.15, 0.2) is 0 Å². The molecule has 2 heterocycles. The van der Waals surface area contributed by atoms with E-state index >= 15 is 0 Å². The van der Waals surface area contributed by atoms with Crippen molar-refractivity contribution in [2.75, 3.05) is 5.32 Å². The number of pyridine rings is 1. The van der Waals surface area contributed by atoms with Gasteiger partial charge in [0.1, 0.15) is 5.82 Å². The molecule has 20 heavy (non-hydrogen) atoms. The summed E-state index contributed by atoms with van der Waals surface area (Å²) in [5, 5.41) is 13.3. The Balaban J connectivity index is 2.05. The Kier molecular flexibility index (Phi) is 4.27. The quantitative estimate of drug-likeness (QED) is 0.848. The van der Waals surface area contributed by atoms with Crippen molar-refractivity contribution < 1.29 is 14.7 Å². The van der Waals surface area contributed by atoms with Crippen LogP contribution in [-0.4, -0.2) is 22.0 Å². The third kappa shape index (κ3) is 3.52. The first-order valence-corrected chi connectivity index (χ1v) is 6.67. The predicted molar refractivity (Wildman–Crippen MR) is 77.9 cm³/mol. The van der Waals surface area contributed by atoms with E-state index in [4.69, 9.17) is 5.11 Å². The molecule has 0 bridgehead atoms. The molecule has 0 atom stereocenters. The topological polar surface area (TPSA) is 79.3 Å². The number of aryl methyl sites for hydroxylation is 1. The maximum atomic E-state index is 11.7. The van der Waals surface area contributed by atoms with Crippen LogP contribution in [0.5, 0.6) is 0 Å². The SMILES string of the molecule is Cc1ccsc1C=CC(=O)Nc1cc(C(=O)O)ccn1. The highest BCUT2D eigenvalue weighted by Crippen LogP contribution is 2.17. The number of nitrogens with one attached hydrogen (secondary N) is 1. The van der Waals surface area contributed by atoms with Gasteiger partial charge in [0.05, 0.1) is 5.56 Å². The number of carboxylic acids is 1. The Hall–Kier alpha value is -2.47. The van der Waals surface area contributed by atoms with E-state index in [1.54, 1.807) is 17.4 Å². The highest BCUT2D eigenvalue weighted by atomic mass is 32.1.